The minimum Gasteiger partial charge on any atom is -0.415 e. The van der Waals surface area contributed by atoms with E-state index in [1.807, 2.05) is 5.32 Å². The third kappa shape index (κ3) is 13.2. The van der Waals surface area contributed by atoms with Gasteiger partial charge in [-0.2, -0.15) is 17.6 Å². The quantitative estimate of drug-likeness (QED) is 0.115. The highest BCUT2D eigenvalue weighted by molar-refractivity contribution is 7.91. The van der Waals surface area contributed by atoms with Crippen LogP contribution in [0.5, 0.6) is 0 Å². The normalized spacial score (nSPS) is 15.3. The summed E-state index contributed by atoms with van der Waals surface area (Å²) in [6.07, 6.45) is -6.10. The zero-order valence-electron chi connectivity index (χ0n) is 35.1. The van der Waals surface area contributed by atoms with Crippen LogP contribution in [0.25, 0.3) is 11.5 Å². The molecule has 4 aromatic carbocycles. The molecule has 7 rings (SSSR count). The number of anilines is 2. The van der Waals surface area contributed by atoms with Gasteiger partial charge < -0.3 is 19.5 Å². The van der Waals surface area contributed by atoms with Gasteiger partial charge in [0.15, 0.2) is 25.5 Å². The van der Waals surface area contributed by atoms with Crippen molar-refractivity contribution in [2.75, 3.05) is 65.5 Å². The van der Waals surface area contributed by atoms with Crippen LogP contribution in [-0.2, 0) is 37.6 Å². The Morgan fingerprint density at radius 1 is 0.627 bits per heavy atom. The molecule has 0 saturated carbocycles. The van der Waals surface area contributed by atoms with Crippen LogP contribution in [0, 0.1) is 11.6 Å². The maximum Gasteiger partial charge on any atom is 0.324 e. The molecule has 24 heteroatoms. The molecule has 0 unspecified atom stereocenters. The molecular weight excluding hydrogens is 937 g/mol. The van der Waals surface area contributed by atoms with Gasteiger partial charge in [0.1, 0.15) is 11.6 Å². The molecule has 2 aliphatic heterocycles. The van der Waals surface area contributed by atoms with Gasteiger partial charge in [-0.25, -0.2) is 35.2 Å². The minimum atomic E-state index is -3.22. The van der Waals surface area contributed by atoms with Gasteiger partial charge >= 0.3 is 24.9 Å². The van der Waals surface area contributed by atoms with E-state index in [1.54, 1.807) is 36.4 Å². The highest BCUT2D eigenvalue weighted by Gasteiger charge is 2.32. The van der Waals surface area contributed by atoms with E-state index in [0.717, 1.165) is 0 Å². The molecule has 0 bridgehead atoms. The highest BCUT2D eigenvalue weighted by Crippen LogP contribution is 2.28. The van der Waals surface area contributed by atoms with Crippen LogP contribution in [-0.4, -0.2) is 123 Å². The summed E-state index contributed by atoms with van der Waals surface area (Å²) in [4.78, 5) is 54.6. The molecule has 2 aliphatic rings. The zero-order chi connectivity index (χ0) is 48.5. The van der Waals surface area contributed by atoms with Crippen molar-refractivity contribution < 1.29 is 66.8 Å². The number of nitrogens with one attached hydrogen (secondary N) is 1. The lowest BCUT2D eigenvalue weighted by atomic mass is 10.1. The number of aromatic nitrogens is 2. The zero-order valence-corrected chi connectivity index (χ0v) is 36.7. The van der Waals surface area contributed by atoms with Crippen molar-refractivity contribution in [2.24, 2.45) is 0 Å². The van der Waals surface area contributed by atoms with E-state index in [4.69, 9.17) is 4.42 Å². The predicted octanol–water partition coefficient (Wildman–Crippen LogP) is 5.92. The number of carbonyl (C=O) groups excluding carboxylic acids is 4. The second-order valence-electron chi connectivity index (χ2n) is 15.0. The first-order chi connectivity index (χ1) is 31.8. The second-order valence-corrected chi connectivity index (χ2v) is 19.6. The van der Waals surface area contributed by atoms with Crippen molar-refractivity contribution >= 4 is 54.8 Å². The van der Waals surface area contributed by atoms with Crippen LogP contribution >= 0.6 is 0 Å². The molecule has 0 spiro atoms. The van der Waals surface area contributed by atoms with E-state index < -0.39 is 80.3 Å². The van der Waals surface area contributed by atoms with E-state index in [2.05, 4.69) is 10.2 Å². The summed E-state index contributed by atoms with van der Waals surface area (Å²) in [5, 5.41) is 8.71. The van der Waals surface area contributed by atoms with Crippen LogP contribution in [0.3, 0.4) is 0 Å². The molecular formula is C43H41F6N7O9S2. The average Bonchev–Trinajstić information content (AvgIpc) is 3.81. The number of ketones is 1. The fourth-order valence-corrected chi connectivity index (χ4v) is 9.10. The first kappa shape index (κ1) is 49.6. The Morgan fingerprint density at radius 3 is 1.46 bits per heavy atom. The Morgan fingerprint density at radius 2 is 1.06 bits per heavy atom. The molecule has 3 heterocycles. The molecule has 1 aromatic heterocycles. The first-order valence-corrected chi connectivity index (χ1v) is 23.9. The molecule has 356 valence electrons. The van der Waals surface area contributed by atoms with Gasteiger partial charge in [0, 0.05) is 37.3 Å². The van der Waals surface area contributed by atoms with Crippen molar-refractivity contribution in [1.82, 2.24) is 25.3 Å². The first-order valence-electron chi connectivity index (χ1n) is 20.2. The monoisotopic (exact) mass is 977 g/mol. The Labute approximate surface area is 380 Å². The number of para-hydroxylation sites is 2. The SMILES string of the molecule is O=C(CNC(=O)C(F)F)c1ccc(CN(C(=O)N2CCS(=O)(=O)CC2)c2ccccc2F)cc1.O=C(N1CCS(=O)(=O)CC1)N(Cc1ccc(-c2nnc(C(F)F)o2)cc1)c1ccccc1F. The third-order valence-electron chi connectivity index (χ3n) is 10.4. The van der Waals surface area contributed by atoms with Gasteiger partial charge in [-0.05, 0) is 47.5 Å². The van der Waals surface area contributed by atoms with Crippen LogP contribution in [0.4, 0.5) is 47.3 Å². The number of rotatable bonds is 12. The number of carbonyl (C=O) groups is 4. The van der Waals surface area contributed by atoms with E-state index >= 15 is 0 Å². The van der Waals surface area contributed by atoms with Crippen LogP contribution in [0.1, 0.15) is 33.8 Å². The number of hydrogen-bond acceptors (Lipinski definition) is 11. The van der Waals surface area contributed by atoms with Gasteiger partial charge in [-0.3, -0.25) is 19.4 Å². The fourth-order valence-electron chi connectivity index (χ4n) is 6.70. The minimum absolute atomic E-state index is 0.00455. The molecule has 2 fully saturated rings. The third-order valence-corrected chi connectivity index (χ3v) is 13.6. The van der Waals surface area contributed by atoms with Gasteiger partial charge in [0.2, 0.25) is 5.89 Å². The number of benzene rings is 4. The molecule has 0 aliphatic carbocycles. The topological polar surface area (TPSA) is 200 Å². The fraction of sp³-hybridized carbons (Fsp3) is 0.302. The van der Waals surface area contributed by atoms with Gasteiger partial charge in [0.05, 0.1) is 54.0 Å². The molecule has 67 heavy (non-hydrogen) atoms. The summed E-state index contributed by atoms with van der Waals surface area (Å²) < 4.78 is 131. The average molecular weight is 978 g/mol. The molecule has 1 N–H and O–H groups in total. The van der Waals surface area contributed by atoms with Crippen molar-refractivity contribution in [3.05, 3.63) is 131 Å². The standard InChI is InChI=1S/C22H22F3N3O5S.C21H19F3N4O4S/c23-17-3-1-2-4-18(17)28(22(31)27-9-11-34(32,33)12-10-27)14-15-5-7-16(8-6-15)19(29)13-26-21(30)20(24)25;22-16-3-1-2-4-17(16)28(21(29)27-9-11-33(30,31)12-10-27)13-14-5-7-15(8-6-14)19-25-26-20(32-19)18(23)24/h1-8,20H,9-14H2,(H,26,30);1-8,18H,9-13H2. The molecule has 5 aromatic rings. The van der Waals surface area contributed by atoms with Crippen molar-refractivity contribution in [1.29, 1.82) is 0 Å². The van der Waals surface area contributed by atoms with Gasteiger partial charge in [0.25, 0.3) is 11.8 Å². The molecule has 0 radical (unpaired) electrons. The lowest BCUT2D eigenvalue weighted by molar-refractivity contribution is -0.131. The second kappa shape index (κ2) is 21.7. The van der Waals surface area contributed by atoms with Crippen LogP contribution in [0.15, 0.2) is 101 Å². The van der Waals surface area contributed by atoms with Crippen molar-refractivity contribution in [3.8, 4) is 11.5 Å². The lowest BCUT2D eigenvalue weighted by Gasteiger charge is -2.33. The Kier molecular flexibility index (Phi) is 16.0. The molecule has 0 atom stereocenters. The summed E-state index contributed by atoms with van der Waals surface area (Å²) in [6, 6.07) is 22.6. The van der Waals surface area contributed by atoms with Crippen molar-refractivity contribution in [2.45, 2.75) is 25.9 Å². The number of hydrogen-bond donors (Lipinski definition) is 1. The summed E-state index contributed by atoms with van der Waals surface area (Å²) >= 11 is 0. The number of urea groups is 2. The molecule has 5 amide bonds. The Bertz CT molecular complexity index is 2770. The van der Waals surface area contributed by atoms with Gasteiger partial charge in [-0.1, -0.05) is 60.7 Å². The smallest absolute Gasteiger partial charge is 0.324 e. The summed E-state index contributed by atoms with van der Waals surface area (Å²) in [5.74, 6) is -4.88. The largest absolute Gasteiger partial charge is 0.415 e. The maximum atomic E-state index is 14.5. The van der Waals surface area contributed by atoms with E-state index in [-0.39, 0.29) is 85.1 Å². The number of Topliss-reactive ketones (excluding diaryl/α,β-unsaturated/α-hetero) is 1. The summed E-state index contributed by atoms with van der Waals surface area (Å²) in [7, 11) is -6.42. The van der Waals surface area contributed by atoms with E-state index in [1.165, 1.54) is 80.3 Å². The van der Waals surface area contributed by atoms with Crippen LogP contribution in [0.2, 0.25) is 0 Å². The number of halogens is 6. The highest BCUT2D eigenvalue weighted by atomic mass is 32.2. The summed E-state index contributed by atoms with van der Waals surface area (Å²) in [5.41, 5.74) is 1.78. The van der Waals surface area contributed by atoms with Crippen LogP contribution < -0.4 is 15.1 Å². The van der Waals surface area contributed by atoms with Gasteiger partial charge in [-0.15, -0.1) is 10.2 Å². The Balaban J connectivity index is 0.000000221. The van der Waals surface area contributed by atoms with E-state index in [9.17, 15) is 62.4 Å². The predicted molar refractivity (Wildman–Crippen MR) is 231 cm³/mol. The van der Waals surface area contributed by atoms with E-state index in [0.29, 0.717) is 16.7 Å². The Hall–Kier alpha value is -6.82. The number of nitrogens with zero attached hydrogens (tertiary/aromatic N) is 6. The summed E-state index contributed by atoms with van der Waals surface area (Å²) in [6.45, 7) is -0.646. The van der Waals surface area contributed by atoms with Crippen molar-refractivity contribution in [3.63, 3.8) is 0 Å². The lowest BCUT2D eigenvalue weighted by Crippen LogP contribution is -2.50. The molecule has 16 nitrogen and oxygen atoms in total. The number of amides is 5. The number of alkyl halides is 4. The maximum absolute atomic E-state index is 14.5. The molecule has 2 saturated heterocycles. The number of sulfone groups is 2.